The van der Waals surface area contributed by atoms with Gasteiger partial charge in [-0.15, -0.1) is 11.6 Å². The fourth-order valence-corrected chi connectivity index (χ4v) is 2.41. The molecule has 96 valence electrons. The van der Waals surface area contributed by atoms with Crippen LogP contribution in [0.2, 0.25) is 0 Å². The second-order valence-corrected chi connectivity index (χ2v) is 4.53. The van der Waals surface area contributed by atoms with Gasteiger partial charge in [-0.25, -0.2) is 0 Å². The van der Waals surface area contributed by atoms with Crippen LogP contribution < -0.4 is 10.2 Å². The molecule has 1 N–H and O–H groups in total. The van der Waals surface area contributed by atoms with Gasteiger partial charge in [0.25, 0.3) is 0 Å². The summed E-state index contributed by atoms with van der Waals surface area (Å²) in [6.07, 6.45) is 1.74. The number of amides is 2. The normalized spacial score (nSPS) is 14.0. The lowest BCUT2D eigenvalue weighted by molar-refractivity contribution is -0.116. The van der Waals surface area contributed by atoms with Gasteiger partial charge in [-0.3, -0.25) is 9.59 Å². The van der Waals surface area contributed by atoms with Crippen molar-refractivity contribution in [3.8, 4) is 0 Å². The molecule has 2 rings (SSSR count). The second kappa shape index (κ2) is 5.40. The van der Waals surface area contributed by atoms with Crippen molar-refractivity contribution in [2.24, 2.45) is 0 Å². The number of hydrogen-bond acceptors (Lipinski definition) is 2. The lowest BCUT2D eigenvalue weighted by Crippen LogP contribution is -2.36. The fraction of sp³-hybridized carbons (Fsp3) is 0.385. The number of nitrogens with one attached hydrogen (secondary N) is 1. The first-order chi connectivity index (χ1) is 8.63. The Kier molecular flexibility index (Phi) is 3.87. The fourth-order valence-electron chi connectivity index (χ4n) is 2.26. The molecule has 0 radical (unpaired) electrons. The monoisotopic (exact) mass is 266 g/mol. The predicted molar refractivity (Wildman–Crippen MR) is 72.1 cm³/mol. The van der Waals surface area contributed by atoms with Gasteiger partial charge in [-0.1, -0.05) is 6.07 Å². The van der Waals surface area contributed by atoms with Crippen molar-refractivity contribution >= 4 is 34.8 Å². The molecule has 0 bridgehead atoms. The Balaban J connectivity index is 2.40. The van der Waals surface area contributed by atoms with Gasteiger partial charge >= 0.3 is 0 Å². The van der Waals surface area contributed by atoms with Gasteiger partial charge in [-0.2, -0.15) is 0 Å². The van der Waals surface area contributed by atoms with E-state index in [0.717, 1.165) is 29.8 Å². The lowest BCUT2D eigenvalue weighted by Gasteiger charge is -2.30. The number of alkyl halides is 1. The van der Waals surface area contributed by atoms with Crippen molar-refractivity contribution < 1.29 is 9.59 Å². The van der Waals surface area contributed by atoms with Crippen LogP contribution in [0.4, 0.5) is 11.4 Å². The van der Waals surface area contributed by atoms with Crippen LogP contribution in [-0.4, -0.2) is 24.2 Å². The number of hydrogen-bond donors (Lipinski definition) is 1. The summed E-state index contributed by atoms with van der Waals surface area (Å²) in [5.74, 6) is -0.231. The van der Waals surface area contributed by atoms with Gasteiger partial charge in [0, 0.05) is 24.8 Å². The van der Waals surface area contributed by atoms with Gasteiger partial charge in [0.05, 0.1) is 0 Å². The third-order valence-corrected chi connectivity index (χ3v) is 3.21. The van der Waals surface area contributed by atoms with Crippen LogP contribution in [-0.2, 0) is 16.0 Å². The van der Waals surface area contributed by atoms with Crippen molar-refractivity contribution in [2.45, 2.75) is 19.8 Å². The summed E-state index contributed by atoms with van der Waals surface area (Å²) in [5, 5.41) is 2.80. The molecule has 0 spiro atoms. The lowest BCUT2D eigenvalue weighted by atomic mass is 9.99. The van der Waals surface area contributed by atoms with Crippen molar-refractivity contribution in [1.82, 2.24) is 0 Å². The molecule has 0 fully saturated rings. The van der Waals surface area contributed by atoms with E-state index in [-0.39, 0.29) is 17.7 Å². The minimum absolute atomic E-state index is 0.0240. The van der Waals surface area contributed by atoms with Crippen LogP contribution in [0.3, 0.4) is 0 Å². The maximum atomic E-state index is 11.8. The maximum absolute atomic E-state index is 11.8. The minimum Gasteiger partial charge on any atom is -0.326 e. The number of halogens is 1. The zero-order valence-electron chi connectivity index (χ0n) is 10.2. The Labute approximate surface area is 111 Å². The molecule has 0 saturated heterocycles. The van der Waals surface area contributed by atoms with E-state index in [4.69, 9.17) is 11.6 Å². The SMILES string of the molecule is CC(=O)Nc1cccc2c1CCCN2C(=O)CCl. The van der Waals surface area contributed by atoms with Gasteiger partial charge in [0.1, 0.15) is 5.88 Å². The molecule has 0 saturated carbocycles. The Bertz CT molecular complexity index is 488. The summed E-state index contributed by atoms with van der Waals surface area (Å²) in [5.41, 5.74) is 2.66. The van der Waals surface area contributed by atoms with Gasteiger partial charge in [0.2, 0.25) is 11.8 Å². The third-order valence-electron chi connectivity index (χ3n) is 2.98. The largest absolute Gasteiger partial charge is 0.326 e. The van der Waals surface area contributed by atoms with Crippen LogP contribution in [0, 0.1) is 0 Å². The highest BCUT2D eigenvalue weighted by molar-refractivity contribution is 6.29. The second-order valence-electron chi connectivity index (χ2n) is 4.27. The van der Waals surface area contributed by atoms with Crippen LogP contribution in [0.15, 0.2) is 18.2 Å². The summed E-state index contributed by atoms with van der Waals surface area (Å²) in [7, 11) is 0. The summed E-state index contributed by atoms with van der Waals surface area (Å²) < 4.78 is 0. The van der Waals surface area contributed by atoms with Crippen LogP contribution >= 0.6 is 11.6 Å². The van der Waals surface area contributed by atoms with E-state index in [1.807, 2.05) is 18.2 Å². The number of nitrogens with zero attached hydrogens (tertiary/aromatic N) is 1. The number of carbonyl (C=O) groups excluding carboxylic acids is 2. The van der Waals surface area contributed by atoms with E-state index in [0.29, 0.717) is 6.54 Å². The maximum Gasteiger partial charge on any atom is 0.241 e. The summed E-state index contributed by atoms with van der Waals surface area (Å²) >= 11 is 5.61. The van der Waals surface area contributed by atoms with E-state index < -0.39 is 0 Å². The van der Waals surface area contributed by atoms with Crippen molar-refractivity contribution in [1.29, 1.82) is 0 Å². The molecule has 1 aromatic rings. The van der Waals surface area contributed by atoms with Crippen LogP contribution in [0.25, 0.3) is 0 Å². The first-order valence-electron chi connectivity index (χ1n) is 5.89. The molecule has 1 heterocycles. The summed E-state index contributed by atoms with van der Waals surface area (Å²) in [6, 6.07) is 5.59. The van der Waals surface area contributed by atoms with E-state index in [1.54, 1.807) is 4.90 Å². The number of rotatable bonds is 2. The molecule has 1 aliphatic heterocycles. The molecule has 1 aliphatic rings. The highest BCUT2D eigenvalue weighted by Crippen LogP contribution is 2.32. The topological polar surface area (TPSA) is 49.4 Å². The zero-order chi connectivity index (χ0) is 13.1. The quantitative estimate of drug-likeness (QED) is 0.834. The minimum atomic E-state index is -0.107. The third kappa shape index (κ3) is 2.48. The molecular formula is C13H15ClN2O2. The Morgan fingerprint density at radius 3 is 2.89 bits per heavy atom. The highest BCUT2D eigenvalue weighted by atomic mass is 35.5. The van der Waals surface area contributed by atoms with Gasteiger partial charge in [0.15, 0.2) is 0 Å². The first kappa shape index (κ1) is 12.9. The molecule has 0 atom stereocenters. The number of fused-ring (bicyclic) bond motifs is 1. The molecule has 5 heteroatoms. The average Bonchev–Trinajstić information content (AvgIpc) is 2.37. The molecule has 4 nitrogen and oxygen atoms in total. The van der Waals surface area contributed by atoms with Crippen molar-refractivity contribution in [3.63, 3.8) is 0 Å². The average molecular weight is 267 g/mol. The number of benzene rings is 1. The molecule has 0 aliphatic carbocycles. The summed E-state index contributed by atoms with van der Waals surface area (Å²) in [6.45, 7) is 2.16. The van der Waals surface area contributed by atoms with E-state index >= 15 is 0 Å². The number of anilines is 2. The van der Waals surface area contributed by atoms with E-state index in [2.05, 4.69) is 5.32 Å². The Hall–Kier alpha value is -1.55. The molecular weight excluding hydrogens is 252 g/mol. The Morgan fingerprint density at radius 1 is 1.44 bits per heavy atom. The van der Waals surface area contributed by atoms with Crippen LogP contribution in [0.5, 0.6) is 0 Å². The standard InChI is InChI=1S/C13H15ClN2O2/c1-9(17)15-11-5-2-6-12-10(11)4-3-7-16(12)13(18)8-14/h2,5-6H,3-4,7-8H2,1H3,(H,15,17). The predicted octanol–water partition coefficient (Wildman–Crippen LogP) is 2.16. The molecule has 1 aromatic carbocycles. The van der Waals surface area contributed by atoms with Gasteiger partial charge in [-0.05, 0) is 30.5 Å². The highest BCUT2D eigenvalue weighted by Gasteiger charge is 2.23. The summed E-state index contributed by atoms with van der Waals surface area (Å²) in [4.78, 5) is 24.6. The number of carbonyl (C=O) groups is 2. The first-order valence-corrected chi connectivity index (χ1v) is 6.42. The van der Waals surface area contributed by atoms with Crippen LogP contribution in [0.1, 0.15) is 18.9 Å². The molecule has 0 aromatic heterocycles. The zero-order valence-corrected chi connectivity index (χ0v) is 11.0. The van der Waals surface area contributed by atoms with E-state index in [1.165, 1.54) is 6.92 Å². The Morgan fingerprint density at radius 2 is 2.22 bits per heavy atom. The molecule has 18 heavy (non-hydrogen) atoms. The van der Waals surface area contributed by atoms with Gasteiger partial charge < -0.3 is 10.2 Å². The van der Waals surface area contributed by atoms with E-state index in [9.17, 15) is 9.59 Å². The van der Waals surface area contributed by atoms with Crippen molar-refractivity contribution in [3.05, 3.63) is 23.8 Å². The van der Waals surface area contributed by atoms with Crippen molar-refractivity contribution in [2.75, 3.05) is 22.6 Å². The smallest absolute Gasteiger partial charge is 0.241 e. The molecule has 2 amide bonds. The molecule has 0 unspecified atom stereocenters.